The molecule has 0 fully saturated rings. The topological polar surface area (TPSA) is 81.5 Å². The Labute approximate surface area is 167 Å². The minimum Gasteiger partial charge on any atom is -0.490 e. The highest BCUT2D eigenvalue weighted by atomic mass is 35.5. The number of amides is 1. The number of nitro groups is 1. The van der Waals surface area contributed by atoms with Gasteiger partial charge in [0.2, 0.25) is 0 Å². The van der Waals surface area contributed by atoms with Gasteiger partial charge in [-0.1, -0.05) is 30.1 Å². The zero-order valence-corrected chi connectivity index (χ0v) is 15.8. The molecule has 0 unspecified atom stereocenters. The molecule has 0 radical (unpaired) electrons. The Kier molecular flexibility index (Phi) is 6.73. The Morgan fingerprint density at radius 3 is 2.32 bits per heavy atom. The van der Waals surface area contributed by atoms with Crippen LogP contribution in [-0.4, -0.2) is 17.4 Å². The first-order valence-corrected chi connectivity index (χ1v) is 8.59. The quantitative estimate of drug-likeness (QED) is 0.447. The first-order valence-electron chi connectivity index (χ1n) is 7.83. The van der Waals surface area contributed by atoms with E-state index < -0.39 is 33.9 Å². The van der Waals surface area contributed by atoms with Crippen molar-refractivity contribution in [1.29, 1.82) is 0 Å². The number of halogens is 5. The van der Waals surface area contributed by atoms with Crippen LogP contribution in [0.4, 0.5) is 24.5 Å². The molecule has 0 heterocycles. The first kappa shape index (κ1) is 21.8. The third kappa shape index (κ3) is 5.05. The zero-order chi connectivity index (χ0) is 21.1. The lowest BCUT2D eigenvalue weighted by Crippen LogP contribution is -2.14. The van der Waals surface area contributed by atoms with E-state index in [9.17, 15) is 28.1 Å². The Morgan fingerprint density at radius 1 is 1.21 bits per heavy atom. The maximum Gasteiger partial charge on any atom is 0.416 e. The molecular formula is C17H13Cl2F3N2O4. The molecule has 11 heteroatoms. The molecule has 2 aromatic rings. The van der Waals surface area contributed by atoms with Gasteiger partial charge in [-0.25, -0.2) is 0 Å². The lowest BCUT2D eigenvalue weighted by molar-refractivity contribution is -0.384. The van der Waals surface area contributed by atoms with Crippen LogP contribution in [0.25, 0.3) is 0 Å². The van der Waals surface area contributed by atoms with Crippen LogP contribution in [0.2, 0.25) is 10.0 Å². The fourth-order valence-corrected chi connectivity index (χ4v) is 2.79. The van der Waals surface area contributed by atoms with Gasteiger partial charge < -0.3 is 10.1 Å². The van der Waals surface area contributed by atoms with Gasteiger partial charge in [-0.15, -0.1) is 0 Å². The second-order valence-corrected chi connectivity index (χ2v) is 6.37. The van der Waals surface area contributed by atoms with Gasteiger partial charge in [0.15, 0.2) is 5.75 Å². The van der Waals surface area contributed by atoms with Gasteiger partial charge in [0, 0.05) is 11.6 Å². The number of rotatable bonds is 6. The number of hydrogen-bond donors (Lipinski definition) is 1. The fourth-order valence-electron chi connectivity index (χ4n) is 2.19. The van der Waals surface area contributed by atoms with Crippen molar-refractivity contribution in [2.24, 2.45) is 0 Å². The Hall–Kier alpha value is -2.52. The van der Waals surface area contributed by atoms with Crippen LogP contribution in [0.15, 0.2) is 30.3 Å². The molecule has 0 aliphatic heterocycles. The van der Waals surface area contributed by atoms with Crippen molar-refractivity contribution >= 4 is 40.5 Å². The van der Waals surface area contributed by atoms with E-state index in [-0.39, 0.29) is 21.4 Å². The molecule has 150 valence electrons. The average Bonchev–Trinajstić information content (AvgIpc) is 2.60. The number of nitrogens with zero attached hydrogens (tertiary/aromatic N) is 1. The average molecular weight is 437 g/mol. The van der Waals surface area contributed by atoms with E-state index in [1.165, 1.54) is 12.1 Å². The molecule has 0 aromatic heterocycles. The van der Waals surface area contributed by atoms with Gasteiger partial charge in [0.1, 0.15) is 5.69 Å². The van der Waals surface area contributed by atoms with E-state index in [0.717, 1.165) is 6.07 Å². The molecule has 0 bridgehead atoms. The minimum absolute atomic E-state index is 0.0481. The highest BCUT2D eigenvalue weighted by Gasteiger charge is 2.33. The second kappa shape index (κ2) is 8.66. The van der Waals surface area contributed by atoms with Gasteiger partial charge in [-0.3, -0.25) is 14.9 Å². The summed E-state index contributed by atoms with van der Waals surface area (Å²) >= 11 is 12.1. The van der Waals surface area contributed by atoms with Crippen LogP contribution in [0.3, 0.4) is 0 Å². The molecule has 0 atom stereocenters. The van der Waals surface area contributed by atoms with Crippen molar-refractivity contribution in [3.8, 4) is 5.75 Å². The van der Waals surface area contributed by atoms with Crippen LogP contribution < -0.4 is 10.1 Å². The largest absolute Gasteiger partial charge is 0.490 e. The van der Waals surface area contributed by atoms with E-state index >= 15 is 0 Å². The van der Waals surface area contributed by atoms with E-state index in [0.29, 0.717) is 25.2 Å². The lowest BCUT2D eigenvalue weighted by Gasteiger charge is -2.12. The Bertz CT molecular complexity index is 897. The van der Waals surface area contributed by atoms with Gasteiger partial charge in [-0.2, -0.15) is 13.2 Å². The normalized spacial score (nSPS) is 11.2. The van der Waals surface area contributed by atoms with Gasteiger partial charge in [0.05, 0.1) is 27.1 Å². The number of anilines is 1. The van der Waals surface area contributed by atoms with Crippen molar-refractivity contribution < 1.29 is 27.6 Å². The Balaban J connectivity index is 2.33. The first-order chi connectivity index (χ1) is 13.0. The third-order valence-corrected chi connectivity index (χ3v) is 4.04. The molecule has 0 saturated heterocycles. The van der Waals surface area contributed by atoms with Crippen LogP contribution in [0, 0.1) is 10.1 Å². The molecule has 0 saturated carbocycles. The molecule has 6 nitrogen and oxygen atoms in total. The van der Waals surface area contributed by atoms with E-state index in [2.05, 4.69) is 5.32 Å². The van der Waals surface area contributed by atoms with Crippen LogP contribution in [0.5, 0.6) is 5.75 Å². The summed E-state index contributed by atoms with van der Waals surface area (Å²) in [6.45, 7) is 2.23. The molecule has 2 rings (SSSR count). The third-order valence-electron chi connectivity index (χ3n) is 3.48. The summed E-state index contributed by atoms with van der Waals surface area (Å²) in [5.74, 6) is -0.657. The molecule has 0 aliphatic rings. The monoisotopic (exact) mass is 436 g/mol. The van der Waals surface area contributed by atoms with Crippen molar-refractivity contribution in [3.05, 3.63) is 61.6 Å². The standard InChI is InChI=1S/C17H13Cl2F3N2O4/c1-2-5-28-15-11(18)6-9(7-12(15)19)16(25)23-13-4-3-10(17(20,21)22)8-14(13)24(26)27/h3-4,6-8H,2,5H2,1H3,(H,23,25). The molecule has 0 aliphatic carbocycles. The van der Waals surface area contributed by atoms with Crippen LogP contribution in [-0.2, 0) is 6.18 Å². The molecule has 1 N–H and O–H groups in total. The SMILES string of the molecule is CCCOc1c(Cl)cc(C(=O)Nc2ccc(C(F)(F)F)cc2[N+](=O)[O-])cc1Cl. The number of carbonyl (C=O) groups is 1. The van der Waals surface area contributed by atoms with Crippen molar-refractivity contribution in [2.45, 2.75) is 19.5 Å². The number of hydrogen-bond acceptors (Lipinski definition) is 4. The number of benzene rings is 2. The number of alkyl halides is 3. The number of carbonyl (C=O) groups excluding carboxylic acids is 1. The van der Waals surface area contributed by atoms with Crippen LogP contribution >= 0.6 is 23.2 Å². The highest BCUT2D eigenvalue weighted by molar-refractivity contribution is 6.37. The van der Waals surface area contributed by atoms with Crippen molar-refractivity contribution in [1.82, 2.24) is 0 Å². The predicted molar refractivity (Wildman–Crippen MR) is 98.3 cm³/mol. The lowest BCUT2D eigenvalue weighted by atomic mass is 10.1. The molecule has 2 aromatic carbocycles. The van der Waals surface area contributed by atoms with Crippen molar-refractivity contribution in [2.75, 3.05) is 11.9 Å². The van der Waals surface area contributed by atoms with Crippen molar-refractivity contribution in [3.63, 3.8) is 0 Å². The smallest absolute Gasteiger partial charge is 0.416 e. The molecule has 1 amide bonds. The second-order valence-electron chi connectivity index (χ2n) is 5.56. The predicted octanol–water partition coefficient (Wildman–Crippen LogP) is 5.96. The van der Waals surface area contributed by atoms with Gasteiger partial charge in [0.25, 0.3) is 11.6 Å². The van der Waals surface area contributed by atoms with E-state index in [1.807, 2.05) is 6.92 Å². The summed E-state index contributed by atoms with van der Waals surface area (Å²) in [6, 6.07) is 4.26. The maximum atomic E-state index is 12.8. The Morgan fingerprint density at radius 2 is 1.82 bits per heavy atom. The number of nitro benzene ring substituents is 1. The van der Waals surface area contributed by atoms with E-state index in [4.69, 9.17) is 27.9 Å². The summed E-state index contributed by atoms with van der Waals surface area (Å²) in [7, 11) is 0. The van der Waals surface area contributed by atoms with Gasteiger partial charge >= 0.3 is 6.18 Å². The zero-order valence-electron chi connectivity index (χ0n) is 14.3. The highest BCUT2D eigenvalue weighted by Crippen LogP contribution is 2.37. The van der Waals surface area contributed by atoms with E-state index in [1.54, 1.807) is 0 Å². The summed E-state index contributed by atoms with van der Waals surface area (Å²) in [5, 5.41) is 13.4. The number of ether oxygens (including phenoxy) is 1. The summed E-state index contributed by atoms with van der Waals surface area (Å²) in [5.41, 5.74) is -2.56. The van der Waals surface area contributed by atoms with Crippen LogP contribution in [0.1, 0.15) is 29.3 Å². The maximum absolute atomic E-state index is 12.8. The summed E-state index contributed by atoms with van der Waals surface area (Å²) in [6.07, 6.45) is -4.06. The summed E-state index contributed by atoms with van der Waals surface area (Å²) < 4.78 is 43.6. The van der Waals surface area contributed by atoms with Gasteiger partial charge in [-0.05, 0) is 30.7 Å². The molecule has 0 spiro atoms. The summed E-state index contributed by atoms with van der Waals surface area (Å²) in [4.78, 5) is 22.5. The number of nitrogens with one attached hydrogen (secondary N) is 1. The minimum atomic E-state index is -4.76. The fraction of sp³-hybridized carbons (Fsp3) is 0.235. The molecular weight excluding hydrogens is 424 g/mol. The molecule has 28 heavy (non-hydrogen) atoms.